The van der Waals surface area contributed by atoms with Gasteiger partial charge in [0.2, 0.25) is 0 Å². The van der Waals surface area contributed by atoms with Crippen LogP contribution in [0.2, 0.25) is 0 Å². The maximum atomic E-state index is 9.09. The third-order valence-corrected chi connectivity index (χ3v) is 3.25. The van der Waals surface area contributed by atoms with E-state index < -0.39 is 0 Å². The monoisotopic (exact) mass is 171 g/mol. The first-order chi connectivity index (χ1) is 5.66. The van der Waals surface area contributed by atoms with Crippen LogP contribution in [0.3, 0.4) is 0 Å². The average Bonchev–Trinajstić information content (AvgIpc) is 2.49. The van der Waals surface area contributed by atoms with Crippen molar-refractivity contribution < 1.29 is 5.11 Å². The maximum Gasteiger partial charge on any atom is 0.0958 e. The second-order valence-corrected chi connectivity index (χ2v) is 4.27. The lowest BCUT2D eigenvalue weighted by molar-refractivity contribution is 0.0650. The van der Waals surface area contributed by atoms with Gasteiger partial charge in [-0.15, -0.1) is 0 Å². The van der Waals surface area contributed by atoms with E-state index in [4.69, 9.17) is 5.11 Å². The van der Waals surface area contributed by atoms with Gasteiger partial charge in [-0.3, -0.25) is 4.90 Å². The lowest BCUT2D eigenvalue weighted by Crippen LogP contribution is -2.37. The number of aliphatic hydroxyl groups excluding tert-OH is 1. The molecule has 0 aliphatic carbocycles. The minimum atomic E-state index is 0.238. The molecule has 1 heterocycles. The van der Waals surface area contributed by atoms with Gasteiger partial charge in [-0.25, -0.2) is 0 Å². The fourth-order valence-electron chi connectivity index (χ4n) is 2.07. The summed E-state index contributed by atoms with van der Waals surface area (Å²) in [6.45, 7) is 8.14. The van der Waals surface area contributed by atoms with Crippen molar-refractivity contribution in [3.8, 4) is 0 Å². The van der Waals surface area contributed by atoms with Gasteiger partial charge in [-0.1, -0.05) is 20.8 Å². The van der Waals surface area contributed by atoms with Gasteiger partial charge in [0.05, 0.1) is 6.73 Å². The van der Waals surface area contributed by atoms with Crippen molar-refractivity contribution in [1.82, 2.24) is 4.90 Å². The van der Waals surface area contributed by atoms with Crippen molar-refractivity contribution in [1.29, 1.82) is 0 Å². The summed E-state index contributed by atoms with van der Waals surface area (Å²) in [5.41, 5.74) is 0. The van der Waals surface area contributed by atoms with Crippen molar-refractivity contribution in [2.45, 2.75) is 39.7 Å². The molecule has 12 heavy (non-hydrogen) atoms. The third-order valence-electron chi connectivity index (χ3n) is 3.25. The Labute approximate surface area is 75.6 Å². The summed E-state index contributed by atoms with van der Waals surface area (Å²) in [4.78, 5) is 2.20. The fourth-order valence-corrected chi connectivity index (χ4v) is 2.07. The zero-order valence-corrected chi connectivity index (χ0v) is 8.45. The van der Waals surface area contributed by atoms with Gasteiger partial charge in [-0.2, -0.15) is 0 Å². The van der Waals surface area contributed by atoms with Crippen LogP contribution >= 0.6 is 0 Å². The zero-order valence-electron chi connectivity index (χ0n) is 8.45. The van der Waals surface area contributed by atoms with Gasteiger partial charge in [0.15, 0.2) is 0 Å². The first-order valence-corrected chi connectivity index (χ1v) is 5.01. The predicted octanol–water partition coefficient (Wildman–Crippen LogP) is 1.69. The Morgan fingerprint density at radius 2 is 2.08 bits per heavy atom. The second kappa shape index (κ2) is 4.24. The maximum absolute atomic E-state index is 9.09. The standard InChI is InChI=1S/C10H21NO/c1-8(2)9(3)10-5-4-6-11(10)7-12/h8-10,12H,4-7H2,1-3H3. The molecule has 1 aliphatic heterocycles. The quantitative estimate of drug-likeness (QED) is 0.698. The molecule has 1 saturated heterocycles. The summed E-state index contributed by atoms with van der Waals surface area (Å²) < 4.78 is 0. The number of likely N-dealkylation sites (tertiary alicyclic amines) is 1. The average molecular weight is 171 g/mol. The molecule has 1 rings (SSSR count). The lowest BCUT2D eigenvalue weighted by Gasteiger charge is -2.30. The fraction of sp³-hybridized carbons (Fsp3) is 1.00. The molecule has 0 saturated carbocycles. The Morgan fingerprint density at radius 1 is 1.42 bits per heavy atom. The van der Waals surface area contributed by atoms with Crippen molar-refractivity contribution in [3.63, 3.8) is 0 Å². The molecular weight excluding hydrogens is 150 g/mol. The van der Waals surface area contributed by atoms with Crippen LogP contribution in [0, 0.1) is 11.8 Å². The van der Waals surface area contributed by atoms with Gasteiger partial charge >= 0.3 is 0 Å². The van der Waals surface area contributed by atoms with E-state index in [-0.39, 0.29) is 6.73 Å². The van der Waals surface area contributed by atoms with E-state index in [0.29, 0.717) is 12.0 Å². The molecule has 0 aromatic carbocycles. The van der Waals surface area contributed by atoms with Gasteiger partial charge in [0, 0.05) is 12.6 Å². The number of aliphatic hydroxyl groups is 1. The Bertz CT molecular complexity index is 136. The van der Waals surface area contributed by atoms with Crippen LogP contribution in [-0.4, -0.2) is 29.3 Å². The van der Waals surface area contributed by atoms with E-state index in [0.717, 1.165) is 12.5 Å². The minimum Gasteiger partial charge on any atom is -0.381 e. The van der Waals surface area contributed by atoms with Gasteiger partial charge in [-0.05, 0) is 24.7 Å². The number of rotatable bonds is 3. The topological polar surface area (TPSA) is 23.5 Å². The molecule has 72 valence electrons. The highest BCUT2D eigenvalue weighted by Crippen LogP contribution is 2.27. The Balaban J connectivity index is 2.49. The molecule has 0 amide bonds. The molecule has 0 bridgehead atoms. The Hall–Kier alpha value is -0.0800. The van der Waals surface area contributed by atoms with Crippen molar-refractivity contribution in [2.24, 2.45) is 11.8 Å². The first-order valence-electron chi connectivity index (χ1n) is 5.01. The van der Waals surface area contributed by atoms with E-state index in [1.165, 1.54) is 12.8 Å². The second-order valence-electron chi connectivity index (χ2n) is 4.27. The highest BCUT2D eigenvalue weighted by Gasteiger charge is 2.29. The molecular formula is C10H21NO. The summed E-state index contributed by atoms with van der Waals surface area (Å²) in [6, 6.07) is 0.620. The van der Waals surface area contributed by atoms with Crippen LogP contribution in [0.1, 0.15) is 33.6 Å². The van der Waals surface area contributed by atoms with E-state index in [9.17, 15) is 0 Å². The summed E-state index contributed by atoms with van der Waals surface area (Å²) in [5.74, 6) is 1.43. The summed E-state index contributed by atoms with van der Waals surface area (Å²) in [7, 11) is 0. The normalized spacial score (nSPS) is 28.2. The van der Waals surface area contributed by atoms with E-state index in [1.54, 1.807) is 0 Å². The highest BCUT2D eigenvalue weighted by atomic mass is 16.3. The zero-order chi connectivity index (χ0) is 9.14. The van der Waals surface area contributed by atoms with Crippen LogP contribution < -0.4 is 0 Å². The van der Waals surface area contributed by atoms with Crippen molar-refractivity contribution in [2.75, 3.05) is 13.3 Å². The highest BCUT2D eigenvalue weighted by molar-refractivity contribution is 4.82. The Kier molecular flexibility index (Phi) is 3.53. The molecule has 0 aromatic rings. The van der Waals surface area contributed by atoms with Gasteiger partial charge < -0.3 is 5.11 Å². The number of hydrogen-bond donors (Lipinski definition) is 1. The molecule has 1 aliphatic rings. The van der Waals surface area contributed by atoms with Crippen LogP contribution in [0.25, 0.3) is 0 Å². The largest absolute Gasteiger partial charge is 0.381 e. The smallest absolute Gasteiger partial charge is 0.0958 e. The molecule has 1 N–H and O–H groups in total. The molecule has 1 fully saturated rings. The van der Waals surface area contributed by atoms with Crippen LogP contribution in [0.5, 0.6) is 0 Å². The van der Waals surface area contributed by atoms with Crippen LogP contribution in [-0.2, 0) is 0 Å². The molecule has 2 nitrogen and oxygen atoms in total. The van der Waals surface area contributed by atoms with Crippen LogP contribution in [0.15, 0.2) is 0 Å². The number of nitrogens with zero attached hydrogens (tertiary/aromatic N) is 1. The minimum absolute atomic E-state index is 0.238. The van der Waals surface area contributed by atoms with E-state index >= 15 is 0 Å². The van der Waals surface area contributed by atoms with Crippen LogP contribution in [0.4, 0.5) is 0 Å². The summed E-state index contributed by atoms with van der Waals surface area (Å²) in [6.07, 6.45) is 2.52. The molecule has 0 spiro atoms. The predicted molar refractivity (Wildman–Crippen MR) is 50.8 cm³/mol. The molecule has 2 atom stereocenters. The van der Waals surface area contributed by atoms with E-state index in [2.05, 4.69) is 25.7 Å². The molecule has 0 aromatic heterocycles. The van der Waals surface area contributed by atoms with Crippen molar-refractivity contribution >= 4 is 0 Å². The van der Waals surface area contributed by atoms with Gasteiger partial charge in [0.1, 0.15) is 0 Å². The van der Waals surface area contributed by atoms with Crippen molar-refractivity contribution in [3.05, 3.63) is 0 Å². The lowest BCUT2D eigenvalue weighted by atomic mass is 9.89. The summed E-state index contributed by atoms with van der Waals surface area (Å²) in [5, 5.41) is 9.09. The third kappa shape index (κ3) is 1.99. The van der Waals surface area contributed by atoms with E-state index in [1.807, 2.05) is 0 Å². The molecule has 2 heteroatoms. The SMILES string of the molecule is CC(C)C(C)C1CCCN1CO. The molecule has 2 unspecified atom stereocenters. The first kappa shape index (κ1) is 10.0. The molecule has 0 radical (unpaired) electrons. The summed E-state index contributed by atoms with van der Waals surface area (Å²) >= 11 is 0. The Morgan fingerprint density at radius 3 is 2.58 bits per heavy atom. The van der Waals surface area contributed by atoms with Gasteiger partial charge in [0.25, 0.3) is 0 Å². The number of hydrogen-bond acceptors (Lipinski definition) is 2.